The topological polar surface area (TPSA) is 66.9 Å². The van der Waals surface area contributed by atoms with Gasteiger partial charge in [-0.3, -0.25) is 9.63 Å². The molecule has 0 aliphatic carbocycles. The first-order valence-corrected chi connectivity index (χ1v) is 9.20. The molecule has 1 unspecified atom stereocenters. The lowest BCUT2D eigenvalue weighted by Gasteiger charge is -2.35. The molecule has 8 heteroatoms. The number of halogens is 1. The van der Waals surface area contributed by atoms with Crippen LogP contribution in [0, 0.1) is 0 Å². The third-order valence-electron chi connectivity index (χ3n) is 3.74. The summed E-state index contributed by atoms with van der Waals surface area (Å²) in [4.78, 5) is 17.5. The Hall–Kier alpha value is -0.960. The quantitative estimate of drug-likeness (QED) is 0.737. The number of carbonyl (C=O) groups excluding carboxylic acids is 1. The number of carbonyl (C=O) groups is 1. The second kappa shape index (κ2) is 7.08. The van der Waals surface area contributed by atoms with E-state index in [1.54, 1.807) is 12.1 Å². The Labute approximate surface area is 139 Å². The van der Waals surface area contributed by atoms with Gasteiger partial charge in [0.1, 0.15) is 6.04 Å². The normalized spacial score (nSPS) is 19.9. The van der Waals surface area contributed by atoms with Crippen LogP contribution in [-0.2, 0) is 19.7 Å². The predicted octanol–water partition coefficient (Wildman–Crippen LogP) is 2.01. The molecule has 0 aromatic heterocycles. The Morgan fingerprint density at radius 2 is 1.95 bits per heavy atom. The molecule has 1 amide bonds. The van der Waals surface area contributed by atoms with Gasteiger partial charge in [0.25, 0.3) is 5.91 Å². The van der Waals surface area contributed by atoms with Crippen LogP contribution < -0.4 is 0 Å². The Kier molecular flexibility index (Phi) is 5.60. The number of hydrogen-bond acceptors (Lipinski definition) is 4. The number of amides is 1. The van der Waals surface area contributed by atoms with Crippen LogP contribution >= 0.6 is 15.9 Å². The lowest BCUT2D eigenvalue weighted by molar-refractivity contribution is -0.173. The average Bonchev–Trinajstić information content (AvgIpc) is 2.53. The minimum atomic E-state index is -3.71. The summed E-state index contributed by atoms with van der Waals surface area (Å²) in [6.45, 7) is 0.340. The highest BCUT2D eigenvalue weighted by Crippen LogP contribution is 2.27. The van der Waals surface area contributed by atoms with Crippen LogP contribution in [0.3, 0.4) is 0 Å². The molecular formula is C14H19BrN2O4S. The maximum Gasteiger partial charge on any atom is 0.264 e. The number of piperidine rings is 1. The molecule has 122 valence electrons. The monoisotopic (exact) mass is 390 g/mol. The molecule has 1 heterocycles. The Balaban J connectivity index is 2.34. The fraction of sp³-hybridized carbons (Fsp3) is 0.500. The van der Waals surface area contributed by atoms with Crippen LogP contribution in [0.1, 0.15) is 19.3 Å². The van der Waals surface area contributed by atoms with Crippen molar-refractivity contribution in [1.82, 2.24) is 9.37 Å². The zero-order valence-corrected chi connectivity index (χ0v) is 14.9. The number of hydrogen-bond donors (Lipinski definition) is 0. The molecule has 1 aliphatic rings. The fourth-order valence-electron chi connectivity index (χ4n) is 2.48. The van der Waals surface area contributed by atoms with Crippen molar-refractivity contribution in [3.05, 3.63) is 28.7 Å². The molecule has 1 aromatic rings. The second-order valence-electron chi connectivity index (χ2n) is 5.10. The molecule has 22 heavy (non-hydrogen) atoms. The van der Waals surface area contributed by atoms with Crippen molar-refractivity contribution in [1.29, 1.82) is 0 Å². The highest BCUT2D eigenvalue weighted by molar-refractivity contribution is 9.10. The number of hydroxylamine groups is 2. The molecule has 2 rings (SSSR count). The van der Waals surface area contributed by atoms with E-state index in [-0.39, 0.29) is 10.8 Å². The standard InChI is InChI=1S/C14H19BrN2O4S/c1-16(21-2)14(18)13-5-3-4-10-17(13)22(19,20)12-8-6-11(15)7-9-12/h6-9,13H,3-5,10H2,1-2H3. The SMILES string of the molecule is CON(C)C(=O)C1CCCCN1S(=O)(=O)c1ccc(Br)cc1. The summed E-state index contributed by atoms with van der Waals surface area (Å²) in [5.74, 6) is -0.345. The van der Waals surface area contributed by atoms with Gasteiger partial charge in [-0.25, -0.2) is 13.5 Å². The van der Waals surface area contributed by atoms with Gasteiger partial charge in [0, 0.05) is 18.1 Å². The van der Waals surface area contributed by atoms with Crippen molar-refractivity contribution in [2.45, 2.75) is 30.2 Å². The molecule has 0 spiro atoms. The van der Waals surface area contributed by atoms with Crippen molar-refractivity contribution in [3.63, 3.8) is 0 Å². The minimum absolute atomic E-state index is 0.190. The van der Waals surface area contributed by atoms with E-state index in [1.807, 2.05) is 0 Å². The molecule has 0 saturated carbocycles. The minimum Gasteiger partial charge on any atom is -0.275 e. The third-order valence-corrected chi connectivity index (χ3v) is 6.19. The fourth-order valence-corrected chi connectivity index (χ4v) is 4.40. The third kappa shape index (κ3) is 3.51. The van der Waals surface area contributed by atoms with E-state index in [4.69, 9.17) is 4.84 Å². The Morgan fingerprint density at radius 1 is 1.32 bits per heavy atom. The van der Waals surface area contributed by atoms with Gasteiger partial charge in [-0.15, -0.1) is 0 Å². The first-order valence-electron chi connectivity index (χ1n) is 6.97. The molecule has 1 atom stereocenters. The summed E-state index contributed by atoms with van der Waals surface area (Å²) >= 11 is 3.29. The molecule has 0 radical (unpaired) electrons. The highest BCUT2D eigenvalue weighted by Gasteiger charge is 2.38. The van der Waals surface area contributed by atoms with Crippen molar-refractivity contribution in [2.24, 2.45) is 0 Å². The average molecular weight is 391 g/mol. The largest absolute Gasteiger partial charge is 0.275 e. The summed E-state index contributed by atoms with van der Waals surface area (Å²) in [7, 11) is -0.835. The zero-order chi connectivity index (χ0) is 16.3. The molecule has 1 aliphatic heterocycles. The Bertz CT molecular complexity index is 633. The van der Waals surface area contributed by atoms with E-state index >= 15 is 0 Å². The summed E-state index contributed by atoms with van der Waals surface area (Å²) in [6.07, 6.45) is 2.07. The van der Waals surface area contributed by atoms with E-state index in [0.29, 0.717) is 13.0 Å². The molecule has 0 bridgehead atoms. The lowest BCUT2D eigenvalue weighted by atomic mass is 10.0. The van der Waals surface area contributed by atoms with E-state index in [0.717, 1.165) is 22.4 Å². The summed E-state index contributed by atoms with van der Waals surface area (Å²) < 4.78 is 27.7. The molecule has 6 nitrogen and oxygen atoms in total. The van der Waals surface area contributed by atoms with Crippen molar-refractivity contribution >= 4 is 31.9 Å². The second-order valence-corrected chi connectivity index (χ2v) is 7.91. The maximum atomic E-state index is 12.8. The van der Waals surface area contributed by atoms with Crippen LogP contribution in [0.4, 0.5) is 0 Å². The van der Waals surface area contributed by atoms with Gasteiger partial charge in [0.15, 0.2) is 0 Å². The maximum absolute atomic E-state index is 12.8. The van der Waals surface area contributed by atoms with Crippen LogP contribution in [0.5, 0.6) is 0 Å². The summed E-state index contributed by atoms with van der Waals surface area (Å²) in [5.41, 5.74) is 0. The molecule has 1 fully saturated rings. The van der Waals surface area contributed by atoms with Gasteiger partial charge in [0.2, 0.25) is 10.0 Å². The van der Waals surface area contributed by atoms with Crippen LogP contribution in [0.25, 0.3) is 0 Å². The van der Waals surface area contributed by atoms with Crippen LogP contribution in [0.15, 0.2) is 33.6 Å². The van der Waals surface area contributed by atoms with E-state index in [1.165, 1.54) is 30.6 Å². The number of sulfonamides is 1. The zero-order valence-electron chi connectivity index (χ0n) is 12.5. The van der Waals surface area contributed by atoms with Crippen LogP contribution in [0.2, 0.25) is 0 Å². The Morgan fingerprint density at radius 3 is 2.55 bits per heavy atom. The van der Waals surface area contributed by atoms with Gasteiger partial charge in [-0.2, -0.15) is 4.31 Å². The number of rotatable bonds is 4. The van der Waals surface area contributed by atoms with Crippen molar-refractivity contribution < 1.29 is 18.0 Å². The highest BCUT2D eigenvalue weighted by atomic mass is 79.9. The van der Waals surface area contributed by atoms with Gasteiger partial charge in [-0.1, -0.05) is 22.4 Å². The van der Waals surface area contributed by atoms with E-state index in [9.17, 15) is 13.2 Å². The van der Waals surface area contributed by atoms with E-state index in [2.05, 4.69) is 15.9 Å². The summed E-state index contributed by atoms with van der Waals surface area (Å²) in [5, 5.41) is 1.08. The number of likely N-dealkylation sites (N-methyl/N-ethyl adjacent to an activating group) is 1. The summed E-state index contributed by atoms with van der Waals surface area (Å²) in [6, 6.07) is 5.71. The smallest absolute Gasteiger partial charge is 0.264 e. The van der Waals surface area contributed by atoms with Gasteiger partial charge in [0.05, 0.1) is 12.0 Å². The first-order chi connectivity index (χ1) is 10.4. The molecule has 1 aromatic carbocycles. The lowest BCUT2D eigenvalue weighted by Crippen LogP contribution is -2.51. The van der Waals surface area contributed by atoms with Gasteiger partial charge in [-0.05, 0) is 37.1 Å². The predicted molar refractivity (Wildman–Crippen MR) is 85.5 cm³/mol. The first kappa shape index (κ1) is 17.4. The van der Waals surface area contributed by atoms with Crippen molar-refractivity contribution in [2.75, 3.05) is 20.7 Å². The van der Waals surface area contributed by atoms with Crippen LogP contribution in [-0.4, -0.2) is 50.4 Å². The molecule has 1 saturated heterocycles. The number of benzene rings is 1. The van der Waals surface area contributed by atoms with E-state index < -0.39 is 16.1 Å². The van der Waals surface area contributed by atoms with Gasteiger partial charge >= 0.3 is 0 Å². The molecular weight excluding hydrogens is 372 g/mol. The van der Waals surface area contributed by atoms with Crippen molar-refractivity contribution in [3.8, 4) is 0 Å². The van der Waals surface area contributed by atoms with Gasteiger partial charge < -0.3 is 0 Å². The molecule has 0 N–H and O–H groups in total. The number of nitrogens with zero attached hydrogens (tertiary/aromatic N) is 2.